The van der Waals surface area contributed by atoms with Crippen LogP contribution in [-0.2, 0) is 17.7 Å². The number of carbonyl (C=O) groups is 1. The van der Waals surface area contributed by atoms with E-state index in [2.05, 4.69) is 6.07 Å². The van der Waals surface area contributed by atoms with E-state index in [0.29, 0.717) is 13.1 Å². The highest BCUT2D eigenvalue weighted by atomic mass is 16.6. The van der Waals surface area contributed by atoms with E-state index in [1.807, 2.05) is 32.9 Å². The van der Waals surface area contributed by atoms with E-state index < -0.39 is 5.60 Å². The van der Waals surface area contributed by atoms with Crippen molar-refractivity contribution in [2.24, 2.45) is 0 Å². The first-order valence-electron chi connectivity index (χ1n) is 6.53. The molecule has 0 radical (unpaired) electrons. The lowest BCUT2D eigenvalue weighted by Crippen LogP contribution is -2.39. The molecule has 2 rings (SSSR count). The number of ether oxygens (including phenoxy) is 2. The number of nitrogens with zero attached hydrogens (tertiary/aromatic N) is 1. The molecular weight excluding hydrogens is 242 g/mol. The van der Waals surface area contributed by atoms with Crippen LogP contribution in [0.2, 0.25) is 0 Å². The van der Waals surface area contributed by atoms with Crippen LogP contribution >= 0.6 is 0 Å². The predicted octanol–water partition coefficient (Wildman–Crippen LogP) is 2.99. The molecule has 1 heterocycles. The summed E-state index contributed by atoms with van der Waals surface area (Å²) in [6.45, 7) is 6.93. The first kappa shape index (κ1) is 13.7. The maximum Gasteiger partial charge on any atom is 0.410 e. The van der Waals surface area contributed by atoms with Crippen LogP contribution in [0.1, 0.15) is 31.9 Å². The van der Waals surface area contributed by atoms with Gasteiger partial charge in [0.05, 0.1) is 7.11 Å². The zero-order chi connectivity index (χ0) is 14.0. The van der Waals surface area contributed by atoms with Crippen molar-refractivity contribution in [1.29, 1.82) is 0 Å². The number of benzene rings is 1. The monoisotopic (exact) mass is 263 g/mol. The van der Waals surface area contributed by atoms with Gasteiger partial charge in [0.25, 0.3) is 0 Å². The van der Waals surface area contributed by atoms with Gasteiger partial charge in [-0.1, -0.05) is 6.07 Å². The van der Waals surface area contributed by atoms with Crippen LogP contribution in [0, 0.1) is 0 Å². The smallest absolute Gasteiger partial charge is 0.410 e. The zero-order valence-electron chi connectivity index (χ0n) is 12.0. The Kier molecular flexibility index (Phi) is 3.69. The Bertz CT molecular complexity index is 477. The van der Waals surface area contributed by atoms with E-state index in [1.165, 1.54) is 5.56 Å². The number of methoxy groups -OCH3 is 1. The summed E-state index contributed by atoms with van der Waals surface area (Å²) < 4.78 is 10.6. The molecule has 0 aromatic heterocycles. The second-order valence-corrected chi connectivity index (χ2v) is 5.79. The van der Waals surface area contributed by atoms with E-state index in [-0.39, 0.29) is 6.09 Å². The summed E-state index contributed by atoms with van der Waals surface area (Å²) >= 11 is 0. The molecule has 1 aromatic carbocycles. The topological polar surface area (TPSA) is 38.8 Å². The Hall–Kier alpha value is -1.71. The van der Waals surface area contributed by atoms with Crippen LogP contribution in [0.3, 0.4) is 0 Å². The van der Waals surface area contributed by atoms with E-state index in [9.17, 15) is 4.79 Å². The Morgan fingerprint density at radius 3 is 2.63 bits per heavy atom. The molecule has 0 bridgehead atoms. The van der Waals surface area contributed by atoms with Gasteiger partial charge < -0.3 is 14.4 Å². The lowest BCUT2D eigenvalue weighted by atomic mass is 10.00. The molecule has 0 atom stereocenters. The lowest BCUT2D eigenvalue weighted by molar-refractivity contribution is 0.0224. The average molecular weight is 263 g/mol. The molecule has 19 heavy (non-hydrogen) atoms. The van der Waals surface area contributed by atoms with Crippen molar-refractivity contribution < 1.29 is 14.3 Å². The Morgan fingerprint density at radius 2 is 2.00 bits per heavy atom. The van der Waals surface area contributed by atoms with Gasteiger partial charge in [0, 0.05) is 13.1 Å². The fourth-order valence-electron chi connectivity index (χ4n) is 2.14. The highest BCUT2D eigenvalue weighted by Gasteiger charge is 2.25. The Labute approximate surface area is 114 Å². The summed E-state index contributed by atoms with van der Waals surface area (Å²) in [4.78, 5) is 13.8. The van der Waals surface area contributed by atoms with Gasteiger partial charge in [0.2, 0.25) is 0 Å². The van der Waals surface area contributed by atoms with Gasteiger partial charge in [0.1, 0.15) is 11.4 Å². The van der Waals surface area contributed by atoms with Crippen molar-refractivity contribution in [1.82, 2.24) is 4.90 Å². The SMILES string of the molecule is COc1ccc2c(c1)CN(C(=O)OC(C)(C)C)CC2. The fourth-order valence-corrected chi connectivity index (χ4v) is 2.14. The minimum absolute atomic E-state index is 0.249. The van der Waals surface area contributed by atoms with E-state index in [1.54, 1.807) is 12.0 Å². The van der Waals surface area contributed by atoms with Crippen molar-refractivity contribution >= 4 is 6.09 Å². The molecule has 0 saturated carbocycles. The molecule has 4 heteroatoms. The Morgan fingerprint density at radius 1 is 1.26 bits per heavy atom. The molecular formula is C15H21NO3. The largest absolute Gasteiger partial charge is 0.497 e. The molecule has 0 unspecified atom stereocenters. The fraction of sp³-hybridized carbons (Fsp3) is 0.533. The summed E-state index contributed by atoms with van der Waals surface area (Å²) in [5.41, 5.74) is 1.96. The molecule has 1 aliphatic heterocycles. The molecule has 0 N–H and O–H groups in total. The van der Waals surface area contributed by atoms with Crippen molar-refractivity contribution in [2.75, 3.05) is 13.7 Å². The summed E-state index contributed by atoms with van der Waals surface area (Å²) in [5.74, 6) is 0.824. The molecule has 1 amide bonds. The van der Waals surface area contributed by atoms with Gasteiger partial charge >= 0.3 is 6.09 Å². The standard InChI is InChI=1S/C15H21NO3/c1-15(2,3)19-14(17)16-8-7-11-5-6-13(18-4)9-12(11)10-16/h5-6,9H,7-8,10H2,1-4H3. The number of fused-ring (bicyclic) bond motifs is 1. The number of hydrogen-bond donors (Lipinski definition) is 0. The summed E-state index contributed by atoms with van der Waals surface area (Å²) in [7, 11) is 1.65. The number of rotatable bonds is 1. The molecule has 4 nitrogen and oxygen atoms in total. The van der Waals surface area contributed by atoms with Crippen LogP contribution in [0.15, 0.2) is 18.2 Å². The molecule has 0 saturated heterocycles. The first-order chi connectivity index (χ1) is 8.89. The summed E-state index contributed by atoms with van der Waals surface area (Å²) in [6, 6.07) is 6.02. The Balaban J connectivity index is 2.10. The molecule has 1 aromatic rings. The van der Waals surface area contributed by atoms with Gasteiger partial charge in [-0.3, -0.25) is 0 Å². The number of hydrogen-bond acceptors (Lipinski definition) is 3. The first-order valence-corrected chi connectivity index (χ1v) is 6.53. The molecule has 0 aliphatic carbocycles. The second kappa shape index (κ2) is 5.11. The third kappa shape index (κ3) is 3.40. The average Bonchev–Trinajstić information content (AvgIpc) is 2.35. The maximum atomic E-state index is 12.1. The van der Waals surface area contributed by atoms with E-state index >= 15 is 0 Å². The van der Waals surface area contributed by atoms with Crippen molar-refractivity contribution in [3.05, 3.63) is 29.3 Å². The van der Waals surface area contributed by atoms with Gasteiger partial charge in [-0.2, -0.15) is 0 Å². The van der Waals surface area contributed by atoms with Crippen molar-refractivity contribution in [2.45, 2.75) is 39.3 Å². The van der Waals surface area contributed by atoms with Crippen molar-refractivity contribution in [3.8, 4) is 5.75 Å². The maximum absolute atomic E-state index is 12.1. The van der Waals surface area contributed by atoms with Gasteiger partial charge in [-0.15, -0.1) is 0 Å². The molecule has 104 valence electrons. The molecule has 1 aliphatic rings. The van der Waals surface area contributed by atoms with Crippen molar-refractivity contribution in [3.63, 3.8) is 0 Å². The summed E-state index contributed by atoms with van der Waals surface area (Å²) in [5, 5.41) is 0. The second-order valence-electron chi connectivity index (χ2n) is 5.79. The molecule has 0 fully saturated rings. The van der Waals surface area contributed by atoms with Crippen LogP contribution in [0.4, 0.5) is 4.79 Å². The molecule has 0 spiro atoms. The minimum atomic E-state index is -0.453. The van der Waals surface area contributed by atoms with Crippen LogP contribution in [0.5, 0.6) is 5.75 Å². The van der Waals surface area contributed by atoms with Crippen LogP contribution < -0.4 is 4.74 Å². The summed E-state index contributed by atoms with van der Waals surface area (Å²) in [6.07, 6.45) is 0.611. The zero-order valence-corrected chi connectivity index (χ0v) is 12.0. The van der Waals surface area contributed by atoms with Crippen LogP contribution in [-0.4, -0.2) is 30.2 Å². The predicted molar refractivity (Wildman–Crippen MR) is 73.3 cm³/mol. The van der Waals surface area contributed by atoms with E-state index in [4.69, 9.17) is 9.47 Å². The minimum Gasteiger partial charge on any atom is -0.497 e. The van der Waals surface area contributed by atoms with Gasteiger partial charge in [0.15, 0.2) is 0 Å². The van der Waals surface area contributed by atoms with Gasteiger partial charge in [-0.25, -0.2) is 4.79 Å². The van der Waals surface area contributed by atoms with Crippen LogP contribution in [0.25, 0.3) is 0 Å². The number of carbonyl (C=O) groups excluding carboxylic acids is 1. The highest BCUT2D eigenvalue weighted by Crippen LogP contribution is 2.24. The number of amides is 1. The normalized spacial score (nSPS) is 14.8. The lowest BCUT2D eigenvalue weighted by Gasteiger charge is -2.31. The third-order valence-electron chi connectivity index (χ3n) is 3.08. The van der Waals surface area contributed by atoms with Gasteiger partial charge in [-0.05, 0) is 50.5 Å². The quantitative estimate of drug-likeness (QED) is 0.782. The third-order valence-corrected chi connectivity index (χ3v) is 3.08. The highest BCUT2D eigenvalue weighted by molar-refractivity contribution is 5.68. The van der Waals surface area contributed by atoms with E-state index in [0.717, 1.165) is 17.7 Å².